The molecule has 1 saturated carbocycles. The van der Waals surface area contributed by atoms with Crippen LogP contribution in [0.2, 0.25) is 0 Å². The Labute approximate surface area is 165 Å². The summed E-state index contributed by atoms with van der Waals surface area (Å²) in [5.41, 5.74) is 2.91. The van der Waals surface area contributed by atoms with Gasteiger partial charge in [-0.1, -0.05) is 42.5 Å². The maximum Gasteiger partial charge on any atom is 0.410 e. The van der Waals surface area contributed by atoms with Crippen molar-refractivity contribution in [3.05, 3.63) is 71.3 Å². The molecule has 1 spiro atoms. The van der Waals surface area contributed by atoms with Crippen LogP contribution in [0, 0.1) is 5.41 Å². The number of likely N-dealkylation sites (tertiary alicyclic amines) is 1. The molecule has 0 aromatic heterocycles. The molecule has 0 radical (unpaired) electrons. The molecular weight excluding hydrogens is 354 g/mol. The van der Waals surface area contributed by atoms with Crippen molar-refractivity contribution in [3.63, 3.8) is 0 Å². The summed E-state index contributed by atoms with van der Waals surface area (Å²) in [5.74, 6) is -0.354. The fourth-order valence-corrected chi connectivity index (χ4v) is 4.04. The number of methoxy groups -OCH3 is 1. The minimum atomic E-state index is -0.354. The van der Waals surface area contributed by atoms with E-state index in [-0.39, 0.29) is 24.7 Å². The third kappa shape index (κ3) is 3.88. The summed E-state index contributed by atoms with van der Waals surface area (Å²) in [5, 5.41) is 0. The van der Waals surface area contributed by atoms with Gasteiger partial charge in [-0.15, -0.1) is 0 Å². The highest BCUT2D eigenvalue weighted by Gasteiger charge is 2.49. The lowest BCUT2D eigenvalue weighted by Gasteiger charge is -2.39. The Bertz CT molecular complexity index is 843. The zero-order valence-corrected chi connectivity index (χ0v) is 16.1. The van der Waals surface area contributed by atoms with Gasteiger partial charge in [-0.3, -0.25) is 0 Å². The van der Waals surface area contributed by atoms with Gasteiger partial charge < -0.3 is 14.4 Å². The van der Waals surface area contributed by atoms with Gasteiger partial charge in [0.2, 0.25) is 0 Å². The van der Waals surface area contributed by atoms with Crippen LogP contribution < -0.4 is 0 Å². The molecule has 1 saturated heterocycles. The number of ether oxygens (including phenoxy) is 2. The smallest absolute Gasteiger partial charge is 0.410 e. The zero-order chi connectivity index (χ0) is 19.6. The molecule has 5 heteroatoms. The van der Waals surface area contributed by atoms with Crippen molar-refractivity contribution in [2.24, 2.45) is 5.41 Å². The average molecular weight is 379 g/mol. The fourth-order valence-electron chi connectivity index (χ4n) is 4.04. The number of rotatable bonds is 4. The third-order valence-electron chi connectivity index (χ3n) is 6.00. The zero-order valence-electron chi connectivity index (χ0n) is 16.1. The maximum absolute atomic E-state index is 12.8. The Morgan fingerprint density at radius 2 is 1.75 bits per heavy atom. The molecule has 2 aromatic carbocycles. The van der Waals surface area contributed by atoms with Crippen LogP contribution in [-0.4, -0.2) is 30.6 Å². The number of amides is 1. The van der Waals surface area contributed by atoms with Crippen molar-refractivity contribution < 1.29 is 19.1 Å². The van der Waals surface area contributed by atoms with Gasteiger partial charge in [0, 0.05) is 6.54 Å². The van der Waals surface area contributed by atoms with Crippen LogP contribution in [0.5, 0.6) is 0 Å². The second-order valence-corrected chi connectivity index (χ2v) is 7.82. The summed E-state index contributed by atoms with van der Waals surface area (Å²) in [4.78, 5) is 26.4. The molecule has 5 nitrogen and oxygen atoms in total. The molecule has 0 bridgehead atoms. The van der Waals surface area contributed by atoms with E-state index in [9.17, 15) is 9.59 Å². The van der Waals surface area contributed by atoms with E-state index in [0.29, 0.717) is 17.5 Å². The minimum Gasteiger partial charge on any atom is -0.465 e. The predicted molar refractivity (Wildman–Crippen MR) is 105 cm³/mol. The number of carbonyl (C=O) groups is 2. The van der Waals surface area contributed by atoms with E-state index in [1.807, 2.05) is 47.4 Å². The summed E-state index contributed by atoms with van der Waals surface area (Å²) in [6.07, 6.45) is 4.17. The van der Waals surface area contributed by atoms with Crippen LogP contribution in [-0.2, 0) is 16.1 Å². The standard InChI is InChI=1S/C23H25NO4/c1-27-21(25)19-9-7-18(8-10-19)20-15-23(11-12-23)13-14-24(20)22(26)28-16-17-5-3-2-4-6-17/h2-10,20H,11-16H2,1H3/t20-/m0/s1. The van der Waals surface area contributed by atoms with Crippen LogP contribution in [0.25, 0.3) is 0 Å². The van der Waals surface area contributed by atoms with Crippen molar-refractivity contribution in [2.45, 2.75) is 38.3 Å². The molecule has 1 amide bonds. The molecule has 0 unspecified atom stereocenters. The molecule has 2 fully saturated rings. The number of carbonyl (C=O) groups excluding carboxylic acids is 2. The quantitative estimate of drug-likeness (QED) is 0.721. The number of esters is 1. The minimum absolute atomic E-state index is 0.0220. The second kappa shape index (κ2) is 7.66. The van der Waals surface area contributed by atoms with E-state index in [4.69, 9.17) is 9.47 Å². The summed E-state index contributed by atoms with van der Waals surface area (Å²) in [6.45, 7) is 0.979. The topological polar surface area (TPSA) is 55.8 Å². The first-order valence-corrected chi connectivity index (χ1v) is 9.76. The normalized spacial score (nSPS) is 19.9. The number of nitrogens with zero attached hydrogens (tertiary/aromatic N) is 1. The predicted octanol–water partition coefficient (Wildman–Crippen LogP) is 4.73. The number of hydrogen-bond donors (Lipinski definition) is 0. The van der Waals surface area contributed by atoms with Crippen molar-refractivity contribution in [3.8, 4) is 0 Å². The summed E-state index contributed by atoms with van der Waals surface area (Å²) < 4.78 is 10.4. The molecule has 4 rings (SSSR count). The monoisotopic (exact) mass is 379 g/mol. The highest BCUT2D eigenvalue weighted by molar-refractivity contribution is 5.89. The highest BCUT2D eigenvalue weighted by atomic mass is 16.6. The molecule has 2 aliphatic rings. The molecule has 1 heterocycles. The SMILES string of the molecule is COC(=O)c1ccc([C@@H]2CC3(CCN2C(=O)OCc2ccccc2)CC3)cc1. The molecule has 1 aliphatic carbocycles. The number of piperidine rings is 1. The van der Waals surface area contributed by atoms with Crippen LogP contribution in [0.1, 0.15) is 53.2 Å². The van der Waals surface area contributed by atoms with Gasteiger partial charge in [-0.25, -0.2) is 9.59 Å². The first-order valence-electron chi connectivity index (χ1n) is 9.76. The summed E-state index contributed by atoms with van der Waals surface area (Å²) in [6, 6.07) is 17.1. The fraction of sp³-hybridized carbons (Fsp3) is 0.391. The van der Waals surface area contributed by atoms with Crippen LogP contribution in [0.4, 0.5) is 4.79 Å². The largest absolute Gasteiger partial charge is 0.465 e. The summed E-state index contributed by atoms with van der Waals surface area (Å²) in [7, 11) is 1.37. The van der Waals surface area contributed by atoms with Crippen molar-refractivity contribution >= 4 is 12.1 Å². The maximum atomic E-state index is 12.8. The van der Waals surface area contributed by atoms with Gasteiger partial charge in [-0.2, -0.15) is 0 Å². The van der Waals surface area contributed by atoms with Crippen molar-refractivity contribution in [2.75, 3.05) is 13.7 Å². The van der Waals surface area contributed by atoms with E-state index in [2.05, 4.69) is 0 Å². The van der Waals surface area contributed by atoms with Crippen LogP contribution in [0.3, 0.4) is 0 Å². The lowest BCUT2D eigenvalue weighted by Crippen LogP contribution is -2.42. The average Bonchev–Trinajstić information content (AvgIpc) is 3.50. The molecular formula is C23H25NO4. The van der Waals surface area contributed by atoms with E-state index in [1.165, 1.54) is 20.0 Å². The lowest BCUT2D eigenvalue weighted by atomic mass is 9.84. The second-order valence-electron chi connectivity index (χ2n) is 7.82. The highest BCUT2D eigenvalue weighted by Crippen LogP contribution is 2.58. The van der Waals surface area contributed by atoms with E-state index < -0.39 is 0 Å². The molecule has 28 heavy (non-hydrogen) atoms. The molecule has 2 aromatic rings. The van der Waals surface area contributed by atoms with Gasteiger partial charge in [0.25, 0.3) is 0 Å². The van der Waals surface area contributed by atoms with Crippen LogP contribution in [0.15, 0.2) is 54.6 Å². The Kier molecular flexibility index (Phi) is 5.07. The van der Waals surface area contributed by atoms with Gasteiger partial charge in [0.15, 0.2) is 0 Å². The summed E-state index contributed by atoms with van der Waals surface area (Å²) >= 11 is 0. The first kappa shape index (κ1) is 18.5. The molecule has 146 valence electrons. The molecule has 0 N–H and O–H groups in total. The van der Waals surface area contributed by atoms with Gasteiger partial charge in [-0.05, 0) is 54.4 Å². The van der Waals surface area contributed by atoms with Crippen molar-refractivity contribution in [1.29, 1.82) is 0 Å². The van der Waals surface area contributed by atoms with Gasteiger partial charge in [0.1, 0.15) is 6.61 Å². The lowest BCUT2D eigenvalue weighted by molar-refractivity contribution is 0.0525. The van der Waals surface area contributed by atoms with Gasteiger partial charge >= 0.3 is 12.1 Å². The Morgan fingerprint density at radius 3 is 2.39 bits per heavy atom. The molecule has 1 aliphatic heterocycles. The number of hydrogen-bond acceptors (Lipinski definition) is 4. The van der Waals surface area contributed by atoms with Crippen molar-refractivity contribution in [1.82, 2.24) is 4.90 Å². The molecule has 1 atom stereocenters. The van der Waals surface area contributed by atoms with Crippen LogP contribution >= 0.6 is 0 Å². The Morgan fingerprint density at radius 1 is 1.04 bits per heavy atom. The third-order valence-corrected chi connectivity index (χ3v) is 6.00. The van der Waals surface area contributed by atoms with E-state index >= 15 is 0 Å². The van der Waals surface area contributed by atoms with Gasteiger partial charge in [0.05, 0.1) is 18.7 Å². The first-order chi connectivity index (χ1) is 13.6. The number of benzene rings is 2. The Hall–Kier alpha value is -2.82. The van der Waals surface area contributed by atoms with E-state index in [0.717, 1.165) is 24.0 Å². The Balaban J connectivity index is 1.50. The van der Waals surface area contributed by atoms with E-state index in [1.54, 1.807) is 12.1 Å².